The van der Waals surface area contributed by atoms with Gasteiger partial charge in [0.05, 0.1) is 23.8 Å². The topological polar surface area (TPSA) is 95.7 Å². The molecule has 0 radical (unpaired) electrons. The molecule has 2 heterocycles. The second kappa shape index (κ2) is 8.24. The lowest BCUT2D eigenvalue weighted by molar-refractivity contribution is -0.138. The van der Waals surface area contributed by atoms with E-state index in [9.17, 15) is 27.9 Å². The number of carbonyl (C=O) groups is 2. The van der Waals surface area contributed by atoms with Crippen molar-refractivity contribution in [2.45, 2.75) is 44.6 Å². The van der Waals surface area contributed by atoms with Crippen molar-refractivity contribution in [3.63, 3.8) is 0 Å². The molecule has 2 N–H and O–H groups in total. The van der Waals surface area contributed by atoms with Crippen LogP contribution in [0.2, 0.25) is 0 Å². The molecule has 2 unspecified atom stereocenters. The predicted octanol–water partition coefficient (Wildman–Crippen LogP) is 1.82. The zero-order valence-corrected chi connectivity index (χ0v) is 15.6. The van der Waals surface area contributed by atoms with Crippen LogP contribution in [0.15, 0.2) is 34.9 Å². The lowest BCUT2D eigenvalue weighted by atomic mass is 10.1. The number of alkyl halides is 3. The number of rotatable bonds is 5. The van der Waals surface area contributed by atoms with Crippen LogP contribution in [-0.2, 0) is 28.7 Å². The molecule has 2 amide bonds. The first-order chi connectivity index (χ1) is 13.6. The van der Waals surface area contributed by atoms with Crippen molar-refractivity contribution in [2.24, 2.45) is 0 Å². The van der Waals surface area contributed by atoms with Crippen LogP contribution in [-0.4, -0.2) is 45.7 Å². The fourth-order valence-electron chi connectivity index (χ4n) is 3.25. The predicted molar refractivity (Wildman–Crippen MR) is 94.4 cm³/mol. The van der Waals surface area contributed by atoms with E-state index in [4.69, 9.17) is 4.52 Å². The van der Waals surface area contributed by atoms with Gasteiger partial charge in [-0.2, -0.15) is 13.2 Å². The van der Waals surface area contributed by atoms with E-state index in [1.165, 1.54) is 17.0 Å². The summed E-state index contributed by atoms with van der Waals surface area (Å²) in [6.45, 7) is 1.58. The minimum absolute atomic E-state index is 0.00635. The molecule has 1 saturated heterocycles. The van der Waals surface area contributed by atoms with Crippen molar-refractivity contribution in [3.05, 3.63) is 52.9 Å². The van der Waals surface area contributed by atoms with Crippen LogP contribution in [0.3, 0.4) is 0 Å². The number of benzene rings is 1. The molecular weight excluding hydrogens is 391 g/mol. The first-order valence-electron chi connectivity index (χ1n) is 8.97. The average molecular weight is 411 g/mol. The summed E-state index contributed by atoms with van der Waals surface area (Å²) in [6, 6.07) is 5.33. The maximum absolute atomic E-state index is 12.8. The monoisotopic (exact) mass is 411 g/mol. The summed E-state index contributed by atoms with van der Waals surface area (Å²) < 4.78 is 43.4. The highest BCUT2D eigenvalue weighted by Crippen LogP contribution is 2.29. The molecule has 0 spiro atoms. The number of hydrogen-bond acceptors (Lipinski definition) is 5. The number of aromatic nitrogens is 1. The smallest absolute Gasteiger partial charge is 0.391 e. The Balaban J connectivity index is 1.63. The number of aliphatic hydroxyl groups excluding tert-OH is 1. The molecule has 0 aliphatic carbocycles. The maximum atomic E-state index is 12.8. The molecule has 0 saturated carbocycles. The minimum atomic E-state index is -4.47. The largest absolute Gasteiger partial charge is 0.416 e. The van der Waals surface area contributed by atoms with E-state index in [-0.39, 0.29) is 31.5 Å². The number of likely N-dealkylation sites (tertiary alicyclic amines) is 1. The molecule has 3 rings (SSSR count). The molecule has 1 aliphatic heterocycles. The molecule has 156 valence electrons. The van der Waals surface area contributed by atoms with Gasteiger partial charge >= 0.3 is 6.18 Å². The van der Waals surface area contributed by atoms with Gasteiger partial charge in [-0.3, -0.25) is 9.59 Å². The number of carbonyl (C=O) groups excluding carboxylic acids is 2. The molecule has 1 aromatic heterocycles. The summed E-state index contributed by atoms with van der Waals surface area (Å²) in [5, 5.41) is 16.2. The molecule has 0 bridgehead atoms. The number of amides is 2. The number of nitrogens with zero attached hydrogens (tertiary/aromatic N) is 2. The SMILES string of the molecule is Cc1cc(CC(=O)N2CC(O)CC2C(=O)NCc2cccc(C(F)(F)F)c2)on1. The molecule has 29 heavy (non-hydrogen) atoms. The summed E-state index contributed by atoms with van der Waals surface area (Å²) in [7, 11) is 0. The van der Waals surface area contributed by atoms with E-state index in [2.05, 4.69) is 10.5 Å². The Hall–Kier alpha value is -2.88. The fourth-order valence-corrected chi connectivity index (χ4v) is 3.25. The second-order valence-corrected chi connectivity index (χ2v) is 6.98. The third-order valence-electron chi connectivity index (χ3n) is 4.63. The Bertz CT molecular complexity index is 897. The van der Waals surface area contributed by atoms with Crippen molar-refractivity contribution < 1.29 is 32.4 Å². The first kappa shape index (κ1) is 20.8. The lowest BCUT2D eigenvalue weighted by Crippen LogP contribution is -2.46. The minimum Gasteiger partial charge on any atom is -0.391 e. The van der Waals surface area contributed by atoms with E-state index >= 15 is 0 Å². The van der Waals surface area contributed by atoms with Crippen LogP contribution in [0, 0.1) is 6.92 Å². The lowest BCUT2D eigenvalue weighted by Gasteiger charge is -2.23. The molecule has 1 aromatic carbocycles. The van der Waals surface area contributed by atoms with Crippen molar-refractivity contribution >= 4 is 11.8 Å². The van der Waals surface area contributed by atoms with Gasteiger partial charge in [0.2, 0.25) is 11.8 Å². The Kier molecular flexibility index (Phi) is 5.92. The highest BCUT2D eigenvalue weighted by Gasteiger charge is 2.39. The summed E-state index contributed by atoms with van der Waals surface area (Å²) >= 11 is 0. The number of aliphatic hydroxyl groups is 1. The standard InChI is InChI=1S/C19H20F3N3O4/c1-11-5-15(29-24-11)8-17(27)25-10-14(26)7-16(25)18(28)23-9-12-3-2-4-13(6-12)19(20,21)22/h2-6,14,16,26H,7-10H2,1H3,(H,23,28). The third kappa shape index (κ3) is 5.14. The highest BCUT2D eigenvalue weighted by atomic mass is 19.4. The van der Waals surface area contributed by atoms with Gasteiger partial charge in [0.15, 0.2) is 0 Å². The number of nitrogens with one attached hydrogen (secondary N) is 1. The fraction of sp³-hybridized carbons (Fsp3) is 0.421. The molecule has 7 nitrogen and oxygen atoms in total. The Morgan fingerprint density at radius 1 is 1.34 bits per heavy atom. The van der Waals surface area contributed by atoms with Crippen LogP contribution >= 0.6 is 0 Å². The number of hydrogen-bond donors (Lipinski definition) is 2. The Morgan fingerprint density at radius 3 is 2.76 bits per heavy atom. The summed E-state index contributed by atoms with van der Waals surface area (Å²) in [4.78, 5) is 26.3. The summed E-state index contributed by atoms with van der Waals surface area (Å²) in [5.41, 5.74) is 0.0889. The molecule has 2 atom stereocenters. The van der Waals surface area contributed by atoms with Gasteiger partial charge in [0.1, 0.15) is 11.8 Å². The zero-order chi connectivity index (χ0) is 21.2. The van der Waals surface area contributed by atoms with Gasteiger partial charge in [-0.05, 0) is 24.6 Å². The van der Waals surface area contributed by atoms with Gasteiger partial charge in [-0.15, -0.1) is 0 Å². The van der Waals surface area contributed by atoms with E-state index < -0.39 is 35.7 Å². The average Bonchev–Trinajstić information content (AvgIpc) is 3.24. The highest BCUT2D eigenvalue weighted by molar-refractivity contribution is 5.89. The quantitative estimate of drug-likeness (QED) is 0.783. The van der Waals surface area contributed by atoms with Gasteiger partial charge in [0, 0.05) is 25.6 Å². The zero-order valence-electron chi connectivity index (χ0n) is 15.6. The first-order valence-corrected chi connectivity index (χ1v) is 8.97. The maximum Gasteiger partial charge on any atom is 0.416 e. The van der Waals surface area contributed by atoms with Gasteiger partial charge in [-0.25, -0.2) is 0 Å². The molecule has 10 heteroatoms. The molecule has 2 aromatic rings. The number of halogens is 3. The van der Waals surface area contributed by atoms with Crippen molar-refractivity contribution in [1.29, 1.82) is 0 Å². The van der Waals surface area contributed by atoms with Crippen LogP contribution < -0.4 is 5.32 Å². The van der Waals surface area contributed by atoms with E-state index in [1.54, 1.807) is 13.0 Å². The van der Waals surface area contributed by atoms with Crippen molar-refractivity contribution in [2.75, 3.05) is 6.54 Å². The van der Waals surface area contributed by atoms with Gasteiger partial charge < -0.3 is 19.8 Å². The van der Waals surface area contributed by atoms with Crippen LogP contribution in [0.5, 0.6) is 0 Å². The van der Waals surface area contributed by atoms with Crippen LogP contribution in [0.4, 0.5) is 13.2 Å². The Morgan fingerprint density at radius 2 is 2.10 bits per heavy atom. The number of β-amino-alcohol motifs (C(OH)–C–C–N with tert-alkyl or cyclic N) is 1. The van der Waals surface area contributed by atoms with Crippen molar-refractivity contribution in [3.8, 4) is 0 Å². The summed E-state index contributed by atoms with van der Waals surface area (Å²) in [6.07, 6.45) is -5.39. The van der Waals surface area contributed by atoms with Gasteiger partial charge in [0.25, 0.3) is 0 Å². The van der Waals surface area contributed by atoms with E-state index in [0.29, 0.717) is 11.5 Å². The van der Waals surface area contributed by atoms with Crippen molar-refractivity contribution in [1.82, 2.24) is 15.4 Å². The van der Waals surface area contributed by atoms with Crippen LogP contribution in [0.25, 0.3) is 0 Å². The number of aryl methyl sites for hydroxylation is 1. The normalized spacial score (nSPS) is 19.4. The molecule has 1 aliphatic rings. The third-order valence-corrected chi connectivity index (χ3v) is 4.63. The second-order valence-electron chi connectivity index (χ2n) is 6.98. The molecule has 1 fully saturated rings. The van der Waals surface area contributed by atoms with Crippen LogP contribution in [0.1, 0.15) is 29.0 Å². The van der Waals surface area contributed by atoms with Gasteiger partial charge in [-0.1, -0.05) is 17.3 Å². The van der Waals surface area contributed by atoms with E-state index in [1.807, 2.05) is 0 Å². The van der Waals surface area contributed by atoms with E-state index in [0.717, 1.165) is 12.1 Å². The summed E-state index contributed by atoms with van der Waals surface area (Å²) in [5.74, 6) is -0.602. The Labute approximate surface area is 164 Å². The molecular formula is C19H20F3N3O4.